The van der Waals surface area contributed by atoms with Gasteiger partial charge in [-0.25, -0.2) is 13.2 Å². The number of nitrogens with one attached hydrogen (secondary N) is 1. The Morgan fingerprint density at radius 1 is 1.26 bits per heavy atom. The van der Waals surface area contributed by atoms with Crippen LogP contribution >= 0.6 is 0 Å². The molecule has 1 N–H and O–H groups in total. The van der Waals surface area contributed by atoms with Crippen molar-refractivity contribution >= 4 is 5.69 Å². The van der Waals surface area contributed by atoms with Crippen LogP contribution in [0.2, 0.25) is 0 Å². The number of aromatic nitrogens is 2. The van der Waals surface area contributed by atoms with Gasteiger partial charge < -0.3 is 5.32 Å². The van der Waals surface area contributed by atoms with Gasteiger partial charge in [-0.1, -0.05) is 19.2 Å². The van der Waals surface area contributed by atoms with Gasteiger partial charge in [-0.2, -0.15) is 18.3 Å². The molecule has 2 rings (SSSR count). The third-order valence-electron chi connectivity index (χ3n) is 3.69. The molecule has 0 aliphatic heterocycles. The third kappa shape index (κ3) is 4.60. The van der Waals surface area contributed by atoms with Crippen LogP contribution in [-0.2, 0) is 13.2 Å². The number of halogens is 6. The predicted octanol–water partition coefficient (Wildman–Crippen LogP) is 5.55. The van der Waals surface area contributed by atoms with Crippen LogP contribution < -0.4 is 5.32 Å². The second kappa shape index (κ2) is 7.73. The molecule has 1 aromatic carbocycles. The second-order valence-corrected chi connectivity index (χ2v) is 5.52. The van der Waals surface area contributed by atoms with Crippen molar-refractivity contribution in [2.24, 2.45) is 7.05 Å². The first kappa shape index (κ1) is 20.3. The zero-order valence-electron chi connectivity index (χ0n) is 14.2. The van der Waals surface area contributed by atoms with Crippen LogP contribution in [0.5, 0.6) is 0 Å². The topological polar surface area (TPSA) is 29.9 Å². The highest BCUT2D eigenvalue weighted by Gasteiger charge is 2.34. The van der Waals surface area contributed by atoms with Gasteiger partial charge in [0.25, 0.3) is 0 Å². The lowest BCUT2D eigenvalue weighted by molar-refractivity contribution is -0.141. The van der Waals surface area contributed by atoms with Crippen LogP contribution in [0.1, 0.15) is 5.69 Å². The summed E-state index contributed by atoms with van der Waals surface area (Å²) in [5.41, 5.74) is -1.39. The van der Waals surface area contributed by atoms with Crippen molar-refractivity contribution in [1.29, 1.82) is 0 Å². The maximum Gasteiger partial charge on any atom is 0.435 e. The number of hydrogen-bond acceptors (Lipinski definition) is 2. The first-order valence-corrected chi connectivity index (χ1v) is 7.55. The van der Waals surface area contributed by atoms with E-state index < -0.39 is 41.5 Å². The van der Waals surface area contributed by atoms with E-state index in [9.17, 15) is 26.3 Å². The molecule has 144 valence electrons. The number of allylic oxidation sites excluding steroid dienone is 2. The highest BCUT2D eigenvalue weighted by atomic mass is 19.4. The Morgan fingerprint density at radius 3 is 2.41 bits per heavy atom. The van der Waals surface area contributed by atoms with Crippen molar-refractivity contribution in [3.63, 3.8) is 0 Å². The minimum absolute atomic E-state index is 0.0585. The van der Waals surface area contributed by atoms with Crippen LogP contribution in [0.3, 0.4) is 0 Å². The van der Waals surface area contributed by atoms with Crippen LogP contribution in [0, 0.1) is 5.82 Å². The Bertz CT molecular complexity index is 908. The molecule has 0 saturated carbocycles. The lowest BCUT2D eigenvalue weighted by Gasteiger charge is -2.11. The zero-order valence-corrected chi connectivity index (χ0v) is 14.2. The van der Waals surface area contributed by atoms with Gasteiger partial charge in [0.15, 0.2) is 5.69 Å². The van der Waals surface area contributed by atoms with Gasteiger partial charge in [-0.05, 0) is 24.3 Å². The fourth-order valence-corrected chi connectivity index (χ4v) is 2.31. The van der Waals surface area contributed by atoms with Crippen LogP contribution in [0.4, 0.5) is 32.0 Å². The molecule has 0 saturated heterocycles. The summed E-state index contributed by atoms with van der Waals surface area (Å²) in [6.45, 7) is 5.78. The normalized spacial score (nSPS) is 12.6. The van der Waals surface area contributed by atoms with Gasteiger partial charge in [0.1, 0.15) is 17.5 Å². The molecule has 3 nitrogen and oxygen atoms in total. The molecule has 0 unspecified atom stereocenters. The van der Waals surface area contributed by atoms with E-state index >= 15 is 0 Å². The average molecular weight is 387 g/mol. The van der Waals surface area contributed by atoms with E-state index in [0.29, 0.717) is 0 Å². The Balaban J connectivity index is 2.28. The number of anilines is 1. The van der Waals surface area contributed by atoms with Crippen molar-refractivity contribution in [2.45, 2.75) is 6.18 Å². The van der Waals surface area contributed by atoms with Crippen molar-refractivity contribution < 1.29 is 26.3 Å². The maximum absolute atomic E-state index is 14.3. The molecule has 0 amide bonds. The molecule has 1 heterocycles. The molecule has 0 spiro atoms. The molecule has 0 bridgehead atoms. The van der Waals surface area contributed by atoms with E-state index in [2.05, 4.69) is 23.6 Å². The maximum atomic E-state index is 14.3. The fourth-order valence-electron chi connectivity index (χ4n) is 2.31. The number of aryl methyl sites for hydroxylation is 1. The van der Waals surface area contributed by atoms with Gasteiger partial charge in [0.05, 0.1) is 11.4 Å². The SMILES string of the molecule is C=C/C(F)=C(/CNc1ccc(-c2cc(C(F)(F)F)nn2C)cc1F)C(=C)F. The zero-order chi connectivity index (χ0) is 20.4. The van der Waals surface area contributed by atoms with Gasteiger partial charge in [-0.3, -0.25) is 4.68 Å². The number of benzene rings is 1. The summed E-state index contributed by atoms with van der Waals surface area (Å²) in [5, 5.41) is 5.87. The van der Waals surface area contributed by atoms with Crippen molar-refractivity contribution in [2.75, 3.05) is 11.9 Å². The standard InChI is InChI=1S/C18H15F6N3/c1-4-13(20)12(10(2)19)9-25-15-6-5-11(7-14(15)21)16-8-17(18(22,23)24)26-27(16)3/h4-8,25H,1-2,9H2,3H3/b13-12+. The molecule has 0 aliphatic rings. The van der Waals surface area contributed by atoms with Crippen LogP contribution in [-0.4, -0.2) is 16.3 Å². The predicted molar refractivity (Wildman–Crippen MR) is 90.7 cm³/mol. The summed E-state index contributed by atoms with van der Waals surface area (Å²) in [5.74, 6) is -2.79. The Hall–Kier alpha value is -2.97. The van der Waals surface area contributed by atoms with Crippen molar-refractivity contribution in [1.82, 2.24) is 9.78 Å². The van der Waals surface area contributed by atoms with E-state index in [-0.39, 0.29) is 16.9 Å². The molecular formula is C18H15F6N3. The quantitative estimate of drug-likeness (QED) is 0.520. The molecular weight excluding hydrogens is 372 g/mol. The van der Waals surface area contributed by atoms with Gasteiger partial charge >= 0.3 is 6.18 Å². The van der Waals surface area contributed by atoms with Crippen LogP contribution in [0.15, 0.2) is 60.7 Å². The number of alkyl halides is 3. The summed E-state index contributed by atoms with van der Waals surface area (Å²) in [6.07, 6.45) is -3.83. The van der Waals surface area contributed by atoms with E-state index in [0.717, 1.165) is 22.9 Å². The molecule has 0 fully saturated rings. The van der Waals surface area contributed by atoms with Crippen LogP contribution in [0.25, 0.3) is 11.3 Å². The second-order valence-electron chi connectivity index (χ2n) is 5.52. The van der Waals surface area contributed by atoms with Gasteiger partial charge in [0.2, 0.25) is 0 Å². The Labute approximate surface area is 151 Å². The Morgan fingerprint density at radius 2 is 1.93 bits per heavy atom. The van der Waals surface area contributed by atoms with Crippen molar-refractivity contribution in [3.8, 4) is 11.3 Å². The summed E-state index contributed by atoms with van der Waals surface area (Å²) >= 11 is 0. The summed E-state index contributed by atoms with van der Waals surface area (Å²) in [7, 11) is 1.30. The first-order chi connectivity index (χ1) is 12.5. The van der Waals surface area contributed by atoms with E-state index in [1.54, 1.807) is 0 Å². The summed E-state index contributed by atoms with van der Waals surface area (Å²) < 4.78 is 80.2. The van der Waals surface area contributed by atoms with E-state index in [1.807, 2.05) is 0 Å². The highest BCUT2D eigenvalue weighted by molar-refractivity contribution is 5.64. The molecule has 0 aliphatic carbocycles. The highest BCUT2D eigenvalue weighted by Crippen LogP contribution is 2.32. The minimum atomic E-state index is -4.62. The average Bonchev–Trinajstić information content (AvgIpc) is 2.97. The molecule has 27 heavy (non-hydrogen) atoms. The summed E-state index contributed by atoms with van der Waals surface area (Å²) in [4.78, 5) is 0. The number of hydrogen-bond donors (Lipinski definition) is 1. The lowest BCUT2D eigenvalue weighted by atomic mass is 10.1. The smallest absolute Gasteiger partial charge is 0.378 e. The minimum Gasteiger partial charge on any atom is -0.378 e. The van der Waals surface area contributed by atoms with Gasteiger partial charge in [-0.15, -0.1) is 0 Å². The number of nitrogens with zero attached hydrogens (tertiary/aromatic N) is 2. The monoisotopic (exact) mass is 387 g/mol. The molecule has 0 radical (unpaired) electrons. The first-order valence-electron chi connectivity index (χ1n) is 7.55. The molecule has 0 atom stereocenters. The van der Waals surface area contributed by atoms with E-state index in [1.165, 1.54) is 19.2 Å². The van der Waals surface area contributed by atoms with Gasteiger partial charge in [0, 0.05) is 24.7 Å². The fraction of sp³-hybridized carbons (Fsp3) is 0.167. The van der Waals surface area contributed by atoms with E-state index in [4.69, 9.17) is 0 Å². The molecule has 1 aromatic heterocycles. The van der Waals surface area contributed by atoms with Crippen molar-refractivity contribution in [3.05, 3.63) is 72.2 Å². The molecule has 9 heteroatoms. The Kier molecular flexibility index (Phi) is 5.82. The summed E-state index contributed by atoms with van der Waals surface area (Å²) in [6, 6.07) is 4.40. The third-order valence-corrected chi connectivity index (χ3v) is 3.69. The molecule has 2 aromatic rings. The largest absolute Gasteiger partial charge is 0.435 e. The number of rotatable bonds is 6. The lowest BCUT2D eigenvalue weighted by Crippen LogP contribution is -2.08.